The van der Waals surface area contributed by atoms with Crippen LogP contribution >= 0.6 is 0 Å². The van der Waals surface area contributed by atoms with Crippen LogP contribution in [0.1, 0.15) is 12.5 Å². The van der Waals surface area contributed by atoms with Gasteiger partial charge >= 0.3 is 0 Å². The van der Waals surface area contributed by atoms with Crippen LogP contribution in [0.5, 0.6) is 17.2 Å². The largest absolute Gasteiger partial charge is 0.497 e. The van der Waals surface area contributed by atoms with E-state index in [1.807, 2.05) is 42.2 Å². The molecule has 1 aliphatic rings. The molecule has 4 rings (SSSR count). The van der Waals surface area contributed by atoms with E-state index in [0.717, 1.165) is 5.69 Å². The first-order chi connectivity index (χ1) is 16.5. The van der Waals surface area contributed by atoms with Gasteiger partial charge in [-0.25, -0.2) is 4.90 Å². The van der Waals surface area contributed by atoms with E-state index in [1.165, 1.54) is 19.1 Å². The summed E-state index contributed by atoms with van der Waals surface area (Å²) >= 11 is 0. The lowest BCUT2D eigenvalue weighted by molar-refractivity contribution is -0.120. The van der Waals surface area contributed by atoms with Crippen molar-refractivity contribution in [1.82, 2.24) is 0 Å². The van der Waals surface area contributed by atoms with Crippen molar-refractivity contribution in [3.63, 3.8) is 0 Å². The number of carbonyl (C=O) groups is 2. The lowest BCUT2D eigenvalue weighted by atomic mass is 10.0. The number of hydrogen-bond donors (Lipinski definition) is 0. The summed E-state index contributed by atoms with van der Waals surface area (Å²) in [6, 6.07) is 21.6. The molecule has 7 nitrogen and oxygen atoms in total. The molecule has 7 heteroatoms. The van der Waals surface area contributed by atoms with Crippen molar-refractivity contribution in [2.75, 3.05) is 37.7 Å². The van der Waals surface area contributed by atoms with Crippen LogP contribution in [0.3, 0.4) is 0 Å². The molecule has 0 unspecified atom stereocenters. The van der Waals surface area contributed by atoms with Crippen LogP contribution in [0.2, 0.25) is 0 Å². The van der Waals surface area contributed by atoms with Crippen molar-refractivity contribution in [3.8, 4) is 17.2 Å². The second-order valence-corrected chi connectivity index (χ2v) is 7.52. The fourth-order valence-electron chi connectivity index (χ4n) is 4.06. The molecule has 1 heterocycles. The highest BCUT2D eigenvalue weighted by molar-refractivity contribution is 6.46. The maximum absolute atomic E-state index is 13.9. The minimum Gasteiger partial charge on any atom is -0.497 e. The summed E-state index contributed by atoms with van der Waals surface area (Å²) in [5, 5.41) is 0. The zero-order valence-electron chi connectivity index (χ0n) is 19.6. The Balaban J connectivity index is 1.88. The van der Waals surface area contributed by atoms with E-state index < -0.39 is 11.8 Å². The second kappa shape index (κ2) is 9.70. The number of imide groups is 1. The predicted octanol–water partition coefficient (Wildman–Crippen LogP) is 4.52. The Labute approximate surface area is 198 Å². The van der Waals surface area contributed by atoms with Gasteiger partial charge in [0.15, 0.2) is 11.5 Å². The van der Waals surface area contributed by atoms with Crippen molar-refractivity contribution in [3.05, 3.63) is 84.1 Å². The van der Waals surface area contributed by atoms with Gasteiger partial charge in [-0.15, -0.1) is 0 Å². The van der Waals surface area contributed by atoms with Crippen molar-refractivity contribution >= 4 is 28.8 Å². The lowest BCUT2D eigenvalue weighted by Crippen LogP contribution is -2.35. The standard InChI is InChI=1S/C27H26N2O5/c1-5-28(19-9-7-6-8-10-19)25-24(18-11-14-21(32-2)15-12-18)26(30)29(27(25)31)20-13-16-22(33-3)23(17-20)34-4/h6-17H,5H2,1-4H3. The highest BCUT2D eigenvalue weighted by Crippen LogP contribution is 2.39. The van der Waals surface area contributed by atoms with E-state index in [9.17, 15) is 9.59 Å². The van der Waals surface area contributed by atoms with Crippen LogP contribution in [0.4, 0.5) is 11.4 Å². The Morgan fingerprint density at radius 3 is 2.03 bits per heavy atom. The van der Waals surface area contributed by atoms with Gasteiger partial charge in [-0.2, -0.15) is 0 Å². The van der Waals surface area contributed by atoms with Crippen LogP contribution in [0.25, 0.3) is 5.57 Å². The maximum atomic E-state index is 13.9. The number of benzene rings is 3. The summed E-state index contributed by atoms with van der Waals surface area (Å²) < 4.78 is 16.0. The van der Waals surface area contributed by atoms with Gasteiger partial charge in [0.1, 0.15) is 11.4 Å². The number of ether oxygens (including phenoxy) is 3. The fourth-order valence-corrected chi connectivity index (χ4v) is 4.06. The average molecular weight is 459 g/mol. The van der Waals surface area contributed by atoms with Crippen LogP contribution in [-0.4, -0.2) is 39.7 Å². The third kappa shape index (κ3) is 3.96. The van der Waals surface area contributed by atoms with Gasteiger partial charge in [0.2, 0.25) is 0 Å². The minimum atomic E-state index is -0.410. The average Bonchev–Trinajstić information content (AvgIpc) is 3.14. The molecule has 3 aromatic carbocycles. The molecule has 0 fully saturated rings. The van der Waals surface area contributed by atoms with Crippen LogP contribution < -0.4 is 24.0 Å². The Kier molecular flexibility index (Phi) is 6.54. The van der Waals surface area contributed by atoms with Crippen molar-refractivity contribution in [2.45, 2.75) is 6.92 Å². The third-order valence-corrected chi connectivity index (χ3v) is 5.72. The third-order valence-electron chi connectivity index (χ3n) is 5.72. The molecule has 0 saturated heterocycles. The number of methoxy groups -OCH3 is 3. The number of nitrogens with zero attached hydrogens (tertiary/aromatic N) is 2. The van der Waals surface area contributed by atoms with Crippen LogP contribution in [0, 0.1) is 0 Å². The van der Waals surface area contributed by atoms with Crippen LogP contribution in [0.15, 0.2) is 78.5 Å². The minimum absolute atomic E-state index is 0.318. The molecule has 174 valence electrons. The summed E-state index contributed by atoms with van der Waals surface area (Å²) in [6.07, 6.45) is 0. The molecule has 0 radical (unpaired) electrons. The molecule has 0 N–H and O–H groups in total. The van der Waals surface area contributed by atoms with E-state index in [4.69, 9.17) is 14.2 Å². The Morgan fingerprint density at radius 2 is 1.44 bits per heavy atom. The molecule has 0 aromatic heterocycles. The highest BCUT2D eigenvalue weighted by atomic mass is 16.5. The van der Waals surface area contributed by atoms with Gasteiger partial charge in [0.25, 0.3) is 11.8 Å². The summed E-state index contributed by atoms with van der Waals surface area (Å²) in [6.45, 7) is 2.44. The van der Waals surface area contributed by atoms with Crippen molar-refractivity contribution in [1.29, 1.82) is 0 Å². The molecular formula is C27H26N2O5. The highest BCUT2D eigenvalue weighted by Gasteiger charge is 2.42. The number of amides is 2. The number of carbonyl (C=O) groups excluding carboxylic acids is 2. The summed E-state index contributed by atoms with van der Waals surface area (Å²) in [5.74, 6) is 0.777. The molecule has 3 aromatic rings. The first-order valence-corrected chi connectivity index (χ1v) is 10.9. The van der Waals surface area contributed by atoms with Gasteiger partial charge in [-0.05, 0) is 48.9 Å². The molecule has 0 saturated carbocycles. The second-order valence-electron chi connectivity index (χ2n) is 7.52. The topological polar surface area (TPSA) is 68.3 Å². The Hall–Kier alpha value is -4.26. The molecule has 2 amide bonds. The zero-order valence-corrected chi connectivity index (χ0v) is 19.6. The normalized spacial score (nSPS) is 13.4. The van der Waals surface area contributed by atoms with E-state index in [0.29, 0.717) is 46.3 Å². The van der Waals surface area contributed by atoms with Gasteiger partial charge in [0.05, 0.1) is 32.6 Å². The van der Waals surface area contributed by atoms with Crippen molar-refractivity contribution < 1.29 is 23.8 Å². The van der Waals surface area contributed by atoms with E-state index >= 15 is 0 Å². The predicted molar refractivity (Wildman–Crippen MR) is 131 cm³/mol. The molecule has 34 heavy (non-hydrogen) atoms. The smallest absolute Gasteiger partial charge is 0.282 e. The molecule has 0 atom stereocenters. The SMILES string of the molecule is CCN(C1=C(c2ccc(OC)cc2)C(=O)N(c2ccc(OC)c(OC)c2)C1=O)c1ccccc1. The molecule has 0 bridgehead atoms. The zero-order chi connectivity index (χ0) is 24.2. The number of likely N-dealkylation sites (N-methyl/N-ethyl adjacent to an activating group) is 1. The molecule has 1 aliphatic heterocycles. The Morgan fingerprint density at radius 1 is 0.765 bits per heavy atom. The number of hydrogen-bond acceptors (Lipinski definition) is 6. The fraction of sp³-hybridized carbons (Fsp3) is 0.185. The molecule has 0 spiro atoms. The van der Waals surface area contributed by atoms with E-state index in [-0.39, 0.29) is 0 Å². The first kappa shape index (κ1) is 22.9. The molecule has 0 aliphatic carbocycles. The maximum Gasteiger partial charge on any atom is 0.282 e. The van der Waals surface area contributed by atoms with Gasteiger partial charge in [-0.3, -0.25) is 9.59 Å². The lowest BCUT2D eigenvalue weighted by Gasteiger charge is -2.25. The van der Waals surface area contributed by atoms with Crippen molar-refractivity contribution in [2.24, 2.45) is 0 Å². The number of anilines is 2. The first-order valence-electron chi connectivity index (χ1n) is 10.9. The van der Waals surface area contributed by atoms with Crippen LogP contribution in [-0.2, 0) is 9.59 Å². The van der Waals surface area contributed by atoms with E-state index in [2.05, 4.69) is 0 Å². The van der Waals surface area contributed by atoms with Gasteiger partial charge in [-0.1, -0.05) is 30.3 Å². The summed E-state index contributed by atoms with van der Waals surface area (Å²) in [4.78, 5) is 30.7. The molecular weight excluding hydrogens is 432 g/mol. The van der Waals surface area contributed by atoms with Gasteiger partial charge in [0, 0.05) is 18.3 Å². The van der Waals surface area contributed by atoms with E-state index in [1.54, 1.807) is 49.6 Å². The summed E-state index contributed by atoms with van der Waals surface area (Å²) in [5.41, 5.74) is 2.50. The number of rotatable bonds is 8. The van der Waals surface area contributed by atoms with Gasteiger partial charge < -0.3 is 19.1 Å². The quantitative estimate of drug-likeness (QED) is 0.462. The Bertz CT molecular complexity index is 1240. The number of para-hydroxylation sites is 1. The monoisotopic (exact) mass is 458 g/mol. The summed E-state index contributed by atoms with van der Waals surface area (Å²) in [7, 11) is 4.62.